The minimum atomic E-state index is -1.88. The second-order valence-electron chi connectivity index (χ2n) is 23.8. The van der Waals surface area contributed by atoms with Gasteiger partial charge in [-0.25, -0.2) is 0 Å². The Kier molecular flexibility index (Phi) is 20.5. The van der Waals surface area contributed by atoms with E-state index >= 15 is 9.59 Å². The molecule has 4 fully saturated rings. The molecule has 24 nitrogen and oxygen atoms in total. The van der Waals surface area contributed by atoms with Gasteiger partial charge in [-0.05, 0) is 58.2 Å². The van der Waals surface area contributed by atoms with Gasteiger partial charge in [-0.15, -0.1) is 0 Å². The molecular weight excluding hydrogens is 1210 g/mol. The maximum Gasteiger partial charge on any atom is 0.303 e. The molecule has 7 aliphatic rings. The number of benzene rings is 4. The smallest absolute Gasteiger partial charge is 0.303 e. The first-order valence-electron chi connectivity index (χ1n) is 30.8. The summed E-state index contributed by atoms with van der Waals surface area (Å²) < 4.78 is 86.9. The van der Waals surface area contributed by atoms with Crippen LogP contribution in [0.15, 0.2) is 155 Å². The Balaban J connectivity index is 1.07. The molecule has 492 valence electrons. The Bertz CT molecular complexity index is 3490. The molecule has 0 saturated carbocycles. The van der Waals surface area contributed by atoms with Crippen molar-refractivity contribution in [1.29, 1.82) is 0 Å². The summed E-state index contributed by atoms with van der Waals surface area (Å²) in [5.41, 5.74) is 3.28. The summed E-state index contributed by atoms with van der Waals surface area (Å²) in [7, 11) is 1.29. The van der Waals surface area contributed by atoms with Crippen molar-refractivity contribution < 1.29 is 99.9 Å². The Morgan fingerprint density at radius 2 is 0.806 bits per heavy atom. The zero-order valence-electron chi connectivity index (χ0n) is 52.9. The molecule has 16 atom stereocenters. The molecular formula is C69H75N3O21. The Labute approximate surface area is 537 Å². The highest BCUT2D eigenvalue weighted by atomic mass is 16.8. The van der Waals surface area contributed by atoms with Gasteiger partial charge in [0.05, 0.1) is 39.6 Å². The summed E-state index contributed by atoms with van der Waals surface area (Å²) in [4.78, 5) is 119. The Hall–Kier alpha value is -7.98. The lowest BCUT2D eigenvalue weighted by atomic mass is 9.91. The molecule has 0 spiro atoms. The lowest BCUT2D eigenvalue weighted by Gasteiger charge is -2.54. The van der Waals surface area contributed by atoms with Crippen LogP contribution in [0.4, 0.5) is 0 Å². The topological polar surface area (TPSA) is 266 Å². The Morgan fingerprint density at radius 3 is 1.24 bits per heavy atom. The van der Waals surface area contributed by atoms with Crippen molar-refractivity contribution in [3.63, 3.8) is 0 Å². The number of fused-ring (bicyclic) bond motifs is 1. The zero-order chi connectivity index (χ0) is 65.9. The third-order valence-electron chi connectivity index (χ3n) is 17.9. The van der Waals surface area contributed by atoms with Gasteiger partial charge < -0.3 is 61.6 Å². The van der Waals surface area contributed by atoms with Crippen molar-refractivity contribution in [2.45, 2.75) is 173 Å². The first kappa shape index (κ1) is 66.5. The summed E-state index contributed by atoms with van der Waals surface area (Å²) in [5.74, 6) is -6.19. The van der Waals surface area contributed by atoms with E-state index in [0.717, 1.165) is 32.8 Å². The summed E-state index contributed by atoms with van der Waals surface area (Å²) in [6.07, 6.45) is -19.4. The van der Waals surface area contributed by atoms with Crippen LogP contribution in [0.5, 0.6) is 0 Å². The van der Waals surface area contributed by atoms with E-state index in [9.17, 15) is 28.8 Å². The molecule has 0 aromatic heterocycles. The molecule has 7 aliphatic heterocycles. The van der Waals surface area contributed by atoms with E-state index in [1.165, 1.54) is 55.6 Å². The minimum absolute atomic E-state index is 0.0148. The quantitative estimate of drug-likeness (QED) is 0.0665. The maximum atomic E-state index is 15.2. The molecule has 0 N–H and O–H groups in total. The van der Waals surface area contributed by atoms with Gasteiger partial charge in [0, 0.05) is 60.0 Å². The molecule has 11 rings (SSSR count). The van der Waals surface area contributed by atoms with Crippen LogP contribution in [0.3, 0.4) is 0 Å². The number of carbonyl (C=O) groups excluding carboxylic acids is 8. The molecule has 0 radical (unpaired) electrons. The normalized spacial score (nSPS) is 30.9. The van der Waals surface area contributed by atoms with E-state index in [1.54, 1.807) is 54.6 Å². The van der Waals surface area contributed by atoms with Gasteiger partial charge >= 0.3 is 11.9 Å². The maximum absolute atomic E-state index is 15.2. The summed E-state index contributed by atoms with van der Waals surface area (Å²) in [6.45, 7) is 10.1. The van der Waals surface area contributed by atoms with Crippen LogP contribution < -0.4 is 0 Å². The third kappa shape index (κ3) is 13.6. The molecule has 4 aromatic rings. The van der Waals surface area contributed by atoms with Crippen LogP contribution in [0.25, 0.3) is 0 Å². The molecule has 24 heteroatoms. The molecule has 7 heterocycles. The fourth-order valence-electron chi connectivity index (χ4n) is 12.7. The zero-order valence-corrected chi connectivity index (χ0v) is 52.9. The van der Waals surface area contributed by atoms with Crippen molar-refractivity contribution in [3.8, 4) is 0 Å². The molecule has 6 amide bonds. The largest absolute Gasteiger partial charge is 0.457 e. The first-order chi connectivity index (χ1) is 44.8. The van der Waals surface area contributed by atoms with E-state index < -0.39 is 152 Å². The van der Waals surface area contributed by atoms with Crippen LogP contribution >= 0.6 is 0 Å². The second kappa shape index (κ2) is 28.7. The van der Waals surface area contributed by atoms with Crippen molar-refractivity contribution >= 4 is 47.4 Å². The average Bonchev–Trinajstić information content (AvgIpc) is 1.51. The van der Waals surface area contributed by atoms with E-state index in [1.807, 2.05) is 66.7 Å². The monoisotopic (exact) mass is 1280 g/mol. The van der Waals surface area contributed by atoms with E-state index in [4.69, 9.17) is 61.6 Å². The van der Waals surface area contributed by atoms with E-state index in [0.29, 0.717) is 11.1 Å². The first-order valence-corrected chi connectivity index (χ1v) is 30.8. The SMILES string of the molecule is CO[C@@H]1O[C@H](COCc2ccccc2)[C@@H](O[C@@H]2O[C@H](COCc3ccccc3)[C@@H](O[C@@H]3O[C@@H]4CO[C@@H](c5ccccc5)O[C@H]4[C@H](OC(C)=O)[C@H]3N3C(=O)C(C)=C(C)C3=O)[C@H](OCc3ccccc3)[C@H]2N2C(=O)C(C)=C(C)C2=O)[C@H](OC(C)=O)[C@H]1N1C(=O)C(C)=C(C)C1=O. The number of amides is 6. The molecule has 4 saturated heterocycles. The summed E-state index contributed by atoms with van der Waals surface area (Å²) >= 11 is 0. The van der Waals surface area contributed by atoms with Gasteiger partial charge in [0.2, 0.25) is 0 Å². The number of nitrogens with zero attached hydrogens (tertiary/aromatic N) is 3. The lowest BCUT2D eigenvalue weighted by molar-refractivity contribution is -0.382. The number of rotatable bonds is 22. The van der Waals surface area contributed by atoms with Gasteiger partial charge in [-0.1, -0.05) is 121 Å². The standard InChI is InChI=1S/C69H75N3O21/c1-36-37(2)61(76)70(60(36)75)51-57(84-32-46-26-18-12-19-27-46)54(92-69-53(72-64(79)40(5)41(6)65(72)80)59(87-43(8)74)56-50(90-69)35-85-66(91-56)47-28-20-13-21-29-47)48(33-82-30-44-22-14-10-15-23-44)89-68(51)93-55-49(34-83-31-45-24-16-11-17-25-45)88-67(81-9)52(58(55)86-42(7)73)71-62(77)38(3)39(4)63(71)78/h10-29,48-59,66-69H,30-35H2,1-9H3/t48-,49-,50-,51-,52-,53-,54-,55-,56-,57-,58-,59-,66-,67-,68+,69+/m1/s1. The predicted molar refractivity (Wildman–Crippen MR) is 323 cm³/mol. The number of ether oxygens (including phenoxy) is 13. The van der Waals surface area contributed by atoms with Crippen LogP contribution in [-0.4, -0.2) is 181 Å². The molecule has 4 aromatic carbocycles. The average molecular weight is 1280 g/mol. The third-order valence-corrected chi connectivity index (χ3v) is 17.9. The van der Waals surface area contributed by atoms with Crippen molar-refractivity contribution in [2.75, 3.05) is 26.9 Å². The van der Waals surface area contributed by atoms with Gasteiger partial charge in [-0.2, -0.15) is 0 Å². The number of carbonyl (C=O) groups is 8. The summed E-state index contributed by atoms with van der Waals surface area (Å²) in [5, 5.41) is 0. The number of hydrogen-bond acceptors (Lipinski definition) is 21. The predicted octanol–water partition coefficient (Wildman–Crippen LogP) is 5.80. The van der Waals surface area contributed by atoms with Crippen molar-refractivity contribution in [3.05, 3.63) is 177 Å². The lowest BCUT2D eigenvalue weighted by Crippen LogP contribution is -2.73. The number of methoxy groups -OCH3 is 1. The van der Waals surface area contributed by atoms with Gasteiger partial charge in [-0.3, -0.25) is 53.1 Å². The van der Waals surface area contributed by atoms with Crippen LogP contribution in [0.1, 0.15) is 83.9 Å². The number of hydrogen-bond donors (Lipinski definition) is 0. The van der Waals surface area contributed by atoms with Crippen LogP contribution in [0.2, 0.25) is 0 Å². The van der Waals surface area contributed by atoms with E-state index in [2.05, 4.69) is 0 Å². The van der Waals surface area contributed by atoms with Gasteiger partial charge in [0.25, 0.3) is 35.4 Å². The highest BCUT2D eigenvalue weighted by Crippen LogP contribution is 2.44. The molecule has 0 aliphatic carbocycles. The number of imide groups is 3. The molecule has 0 unspecified atom stereocenters. The van der Waals surface area contributed by atoms with Crippen LogP contribution in [0, 0.1) is 0 Å². The molecule has 93 heavy (non-hydrogen) atoms. The van der Waals surface area contributed by atoms with Gasteiger partial charge in [0.1, 0.15) is 60.9 Å². The fraction of sp³-hybridized carbons (Fsp3) is 0.449. The highest BCUT2D eigenvalue weighted by Gasteiger charge is 2.63. The summed E-state index contributed by atoms with van der Waals surface area (Å²) in [6, 6.07) is 31.3. The number of esters is 2. The highest BCUT2D eigenvalue weighted by molar-refractivity contribution is 6.20. The van der Waals surface area contributed by atoms with Crippen molar-refractivity contribution in [1.82, 2.24) is 14.7 Å². The molecule has 0 bridgehead atoms. The minimum Gasteiger partial charge on any atom is -0.457 e. The van der Waals surface area contributed by atoms with Crippen LogP contribution in [-0.2, 0) is 120 Å². The second-order valence-corrected chi connectivity index (χ2v) is 23.8. The van der Waals surface area contributed by atoms with Gasteiger partial charge in [0.15, 0.2) is 37.4 Å². The Morgan fingerprint density at radius 1 is 0.441 bits per heavy atom. The van der Waals surface area contributed by atoms with E-state index in [-0.39, 0.29) is 66.5 Å². The van der Waals surface area contributed by atoms with Crippen molar-refractivity contribution in [2.24, 2.45) is 0 Å². The fourth-order valence-corrected chi connectivity index (χ4v) is 12.7.